The van der Waals surface area contributed by atoms with Crippen LogP contribution in [0.15, 0.2) is 29.2 Å². The van der Waals surface area contributed by atoms with Crippen molar-refractivity contribution < 1.29 is 14.3 Å². The summed E-state index contributed by atoms with van der Waals surface area (Å²) in [6.07, 6.45) is 0.268. The fraction of sp³-hybridized carbons (Fsp3) is 0.353. The second-order valence-corrected chi connectivity index (χ2v) is 7.29. The number of thioether (sulfide) groups is 1. The molecule has 0 aliphatic heterocycles. The molecule has 0 fully saturated rings. The first-order valence-corrected chi connectivity index (χ1v) is 9.49. The van der Waals surface area contributed by atoms with Crippen LogP contribution >= 0.6 is 23.1 Å². The summed E-state index contributed by atoms with van der Waals surface area (Å²) >= 11 is 2.90. The molecule has 128 valence electrons. The number of carbonyl (C=O) groups excluding carboxylic acids is 2. The Balaban J connectivity index is 1.97. The van der Waals surface area contributed by atoms with Crippen LogP contribution in [-0.4, -0.2) is 29.2 Å². The van der Waals surface area contributed by atoms with Gasteiger partial charge in [-0.05, 0) is 37.3 Å². The molecule has 0 atom stereocenters. The molecule has 1 amide bonds. The van der Waals surface area contributed by atoms with Crippen molar-refractivity contribution in [3.05, 3.63) is 40.4 Å². The summed E-state index contributed by atoms with van der Waals surface area (Å²) in [7, 11) is 0. The lowest BCUT2D eigenvalue weighted by molar-refractivity contribution is -0.115. The van der Waals surface area contributed by atoms with E-state index in [2.05, 4.69) is 17.2 Å². The molecule has 0 saturated carbocycles. The van der Waals surface area contributed by atoms with Crippen LogP contribution in [0.5, 0.6) is 0 Å². The molecule has 0 aliphatic rings. The molecule has 24 heavy (non-hydrogen) atoms. The Hall–Kier alpha value is -1.86. The van der Waals surface area contributed by atoms with Gasteiger partial charge in [0.05, 0.1) is 18.7 Å². The zero-order chi connectivity index (χ0) is 17.5. The first kappa shape index (κ1) is 18.5. The third-order valence-electron chi connectivity index (χ3n) is 3.10. The Morgan fingerprint density at radius 3 is 2.58 bits per heavy atom. The minimum Gasteiger partial charge on any atom is -0.462 e. The van der Waals surface area contributed by atoms with E-state index < -0.39 is 5.97 Å². The van der Waals surface area contributed by atoms with Gasteiger partial charge >= 0.3 is 5.97 Å². The molecule has 0 unspecified atom stereocenters. The number of benzene rings is 1. The summed E-state index contributed by atoms with van der Waals surface area (Å²) in [6.45, 7) is 5.89. The van der Waals surface area contributed by atoms with Gasteiger partial charge in [0, 0.05) is 4.90 Å². The standard InChI is InChI=1S/C17H20N2O3S2/c1-4-22-16(21)15-11(3)18-17(24-15)19-14(20)10-12-6-8-13(9-7-12)23-5-2/h6-9H,4-5,10H2,1-3H3,(H,18,19,20). The van der Waals surface area contributed by atoms with E-state index in [1.54, 1.807) is 25.6 Å². The van der Waals surface area contributed by atoms with Gasteiger partial charge in [0.25, 0.3) is 0 Å². The second kappa shape index (κ2) is 8.84. The highest BCUT2D eigenvalue weighted by molar-refractivity contribution is 7.99. The van der Waals surface area contributed by atoms with Gasteiger partial charge in [-0.25, -0.2) is 9.78 Å². The molecule has 5 nitrogen and oxygen atoms in total. The topological polar surface area (TPSA) is 68.3 Å². The molecule has 0 saturated heterocycles. The molecule has 0 spiro atoms. The molecular weight excluding hydrogens is 344 g/mol. The van der Waals surface area contributed by atoms with Gasteiger partial charge in [-0.3, -0.25) is 4.79 Å². The number of hydrogen-bond acceptors (Lipinski definition) is 6. The number of ether oxygens (including phenoxy) is 1. The Labute approximate surface area is 149 Å². The Kier molecular flexibility index (Phi) is 6.81. The van der Waals surface area contributed by atoms with Gasteiger partial charge in [0.2, 0.25) is 5.91 Å². The van der Waals surface area contributed by atoms with E-state index in [4.69, 9.17) is 4.74 Å². The summed E-state index contributed by atoms with van der Waals surface area (Å²) in [5.74, 6) is 0.457. The number of aromatic nitrogens is 1. The van der Waals surface area contributed by atoms with Crippen molar-refractivity contribution in [2.24, 2.45) is 0 Å². The monoisotopic (exact) mass is 364 g/mol. The predicted octanol–water partition coefficient (Wildman–Crippen LogP) is 3.92. The molecule has 0 bridgehead atoms. The number of thiazole rings is 1. The zero-order valence-corrected chi connectivity index (χ0v) is 15.6. The van der Waals surface area contributed by atoms with Gasteiger partial charge in [-0.15, -0.1) is 11.8 Å². The third kappa shape index (κ3) is 5.07. The average molecular weight is 364 g/mol. The zero-order valence-electron chi connectivity index (χ0n) is 13.9. The van der Waals surface area contributed by atoms with E-state index in [1.807, 2.05) is 24.3 Å². The number of nitrogens with one attached hydrogen (secondary N) is 1. The maximum atomic E-state index is 12.1. The Bertz CT molecular complexity index is 711. The SMILES string of the molecule is CCOC(=O)c1sc(NC(=O)Cc2ccc(SCC)cc2)nc1C. The highest BCUT2D eigenvalue weighted by atomic mass is 32.2. The number of aryl methyl sites for hydroxylation is 1. The normalized spacial score (nSPS) is 10.5. The van der Waals surface area contributed by atoms with Crippen molar-refractivity contribution in [2.75, 3.05) is 17.7 Å². The predicted molar refractivity (Wildman–Crippen MR) is 98.0 cm³/mol. The van der Waals surface area contributed by atoms with Gasteiger partial charge in [0.15, 0.2) is 5.13 Å². The van der Waals surface area contributed by atoms with Crippen LogP contribution in [-0.2, 0) is 16.0 Å². The number of amides is 1. The van der Waals surface area contributed by atoms with Crippen molar-refractivity contribution >= 4 is 40.1 Å². The minimum atomic E-state index is -0.406. The molecule has 2 rings (SSSR count). The van der Waals surface area contributed by atoms with E-state index in [-0.39, 0.29) is 12.3 Å². The van der Waals surface area contributed by atoms with E-state index >= 15 is 0 Å². The van der Waals surface area contributed by atoms with Crippen LogP contribution in [0, 0.1) is 6.92 Å². The van der Waals surface area contributed by atoms with E-state index in [9.17, 15) is 9.59 Å². The lowest BCUT2D eigenvalue weighted by atomic mass is 10.1. The van der Waals surface area contributed by atoms with Gasteiger partial charge in [-0.2, -0.15) is 0 Å². The number of hydrogen-bond donors (Lipinski definition) is 1. The lowest BCUT2D eigenvalue weighted by Crippen LogP contribution is -2.14. The third-order valence-corrected chi connectivity index (χ3v) is 5.05. The first-order valence-electron chi connectivity index (χ1n) is 7.69. The molecule has 1 aromatic heterocycles. The highest BCUT2D eigenvalue weighted by Gasteiger charge is 2.17. The number of esters is 1. The fourth-order valence-electron chi connectivity index (χ4n) is 2.05. The highest BCUT2D eigenvalue weighted by Crippen LogP contribution is 2.24. The Morgan fingerprint density at radius 1 is 1.25 bits per heavy atom. The fourth-order valence-corrected chi connectivity index (χ4v) is 3.59. The molecular formula is C17H20N2O3S2. The summed E-state index contributed by atoms with van der Waals surface area (Å²) < 4.78 is 4.97. The van der Waals surface area contributed by atoms with Gasteiger partial charge < -0.3 is 10.1 Å². The minimum absolute atomic E-state index is 0.157. The molecule has 0 aliphatic carbocycles. The summed E-state index contributed by atoms with van der Waals surface area (Å²) in [5.41, 5.74) is 1.50. The van der Waals surface area contributed by atoms with Crippen LogP contribution in [0.4, 0.5) is 5.13 Å². The molecule has 1 heterocycles. The largest absolute Gasteiger partial charge is 0.462 e. The number of rotatable bonds is 7. The van der Waals surface area contributed by atoms with Crippen LogP contribution in [0.1, 0.15) is 34.8 Å². The van der Waals surface area contributed by atoms with E-state index in [1.165, 1.54) is 4.90 Å². The van der Waals surface area contributed by atoms with E-state index in [0.717, 1.165) is 22.7 Å². The van der Waals surface area contributed by atoms with Crippen molar-refractivity contribution in [1.29, 1.82) is 0 Å². The first-order chi connectivity index (χ1) is 11.5. The second-order valence-electron chi connectivity index (χ2n) is 4.96. The lowest BCUT2D eigenvalue weighted by Gasteiger charge is -2.03. The smallest absolute Gasteiger partial charge is 0.350 e. The van der Waals surface area contributed by atoms with Gasteiger partial charge in [0.1, 0.15) is 4.88 Å². The summed E-state index contributed by atoms with van der Waals surface area (Å²) in [5, 5.41) is 3.16. The van der Waals surface area contributed by atoms with Crippen LogP contribution in [0.3, 0.4) is 0 Å². The van der Waals surface area contributed by atoms with Crippen molar-refractivity contribution in [3.63, 3.8) is 0 Å². The molecule has 7 heteroatoms. The molecule has 2 aromatic rings. The number of carbonyl (C=O) groups is 2. The maximum absolute atomic E-state index is 12.1. The molecule has 0 radical (unpaired) electrons. The van der Waals surface area contributed by atoms with Crippen LogP contribution in [0.2, 0.25) is 0 Å². The van der Waals surface area contributed by atoms with E-state index in [0.29, 0.717) is 22.3 Å². The Morgan fingerprint density at radius 2 is 1.96 bits per heavy atom. The molecule has 1 aromatic carbocycles. The van der Waals surface area contributed by atoms with Crippen molar-refractivity contribution in [3.8, 4) is 0 Å². The quantitative estimate of drug-likeness (QED) is 0.596. The summed E-state index contributed by atoms with van der Waals surface area (Å²) in [4.78, 5) is 29.7. The average Bonchev–Trinajstić information content (AvgIpc) is 2.90. The van der Waals surface area contributed by atoms with Crippen molar-refractivity contribution in [1.82, 2.24) is 4.98 Å². The van der Waals surface area contributed by atoms with Gasteiger partial charge in [-0.1, -0.05) is 30.4 Å². The maximum Gasteiger partial charge on any atom is 0.350 e. The summed E-state index contributed by atoms with van der Waals surface area (Å²) in [6, 6.07) is 7.94. The van der Waals surface area contributed by atoms with Crippen LogP contribution < -0.4 is 5.32 Å². The number of nitrogens with zero attached hydrogens (tertiary/aromatic N) is 1. The number of anilines is 1. The van der Waals surface area contributed by atoms with Crippen molar-refractivity contribution in [2.45, 2.75) is 32.1 Å². The molecule has 1 N–H and O–H groups in total. The van der Waals surface area contributed by atoms with Crippen LogP contribution in [0.25, 0.3) is 0 Å².